The smallest absolute Gasteiger partial charge is 0.207 e. The van der Waals surface area contributed by atoms with E-state index < -0.39 is 65.0 Å². The lowest BCUT2D eigenvalue weighted by atomic mass is 9.93. The Hall–Kier alpha value is -2.12. The van der Waals surface area contributed by atoms with Gasteiger partial charge in [0.25, 0.3) is 0 Å². The second kappa shape index (κ2) is 7.04. The standard InChI is InChI=1S/C20H16F8/c1-2-3-13-14(21)6-11(7-15(13)22)18-16(23)4-10(5-17(18)24)12-8-19(25,26)20(27,28)9-12/h4-7,12H,2-3,8-9H2,1H3. The third-order valence-corrected chi connectivity index (χ3v) is 5.01. The zero-order valence-corrected chi connectivity index (χ0v) is 14.7. The van der Waals surface area contributed by atoms with Gasteiger partial charge in [-0.25, -0.2) is 17.6 Å². The normalized spacial score (nSPS) is 18.6. The highest BCUT2D eigenvalue weighted by molar-refractivity contribution is 5.66. The molecule has 1 aliphatic rings. The molecule has 0 bridgehead atoms. The molecule has 0 heterocycles. The topological polar surface area (TPSA) is 0 Å². The molecule has 0 N–H and O–H groups in total. The van der Waals surface area contributed by atoms with E-state index in [1.165, 1.54) is 0 Å². The molecule has 0 aromatic heterocycles. The van der Waals surface area contributed by atoms with E-state index in [4.69, 9.17) is 0 Å². The van der Waals surface area contributed by atoms with Crippen LogP contribution in [0.5, 0.6) is 0 Å². The summed E-state index contributed by atoms with van der Waals surface area (Å²) in [5, 5.41) is 0. The lowest BCUT2D eigenvalue weighted by Crippen LogP contribution is -2.33. The average Bonchev–Trinajstić information content (AvgIpc) is 2.78. The van der Waals surface area contributed by atoms with Crippen LogP contribution in [-0.4, -0.2) is 11.8 Å². The Balaban J connectivity index is 2.00. The summed E-state index contributed by atoms with van der Waals surface area (Å²) in [6.45, 7) is 1.71. The Morgan fingerprint density at radius 1 is 0.786 bits per heavy atom. The van der Waals surface area contributed by atoms with Crippen LogP contribution < -0.4 is 0 Å². The zero-order valence-electron chi connectivity index (χ0n) is 14.7. The molecule has 0 amide bonds. The third kappa shape index (κ3) is 3.49. The fourth-order valence-electron chi connectivity index (χ4n) is 3.57. The summed E-state index contributed by atoms with van der Waals surface area (Å²) in [6, 6.07) is 2.90. The first kappa shape index (κ1) is 20.6. The molecular formula is C20H16F8. The molecule has 1 saturated carbocycles. The van der Waals surface area contributed by atoms with Gasteiger partial charge in [0, 0.05) is 18.4 Å². The molecule has 8 heteroatoms. The Morgan fingerprint density at radius 3 is 1.68 bits per heavy atom. The van der Waals surface area contributed by atoms with Crippen LogP contribution >= 0.6 is 0 Å². The van der Waals surface area contributed by atoms with Gasteiger partial charge < -0.3 is 0 Å². The molecule has 0 atom stereocenters. The van der Waals surface area contributed by atoms with Gasteiger partial charge in [0.15, 0.2) is 0 Å². The summed E-state index contributed by atoms with van der Waals surface area (Å²) in [5.74, 6) is -14.4. The predicted molar refractivity (Wildman–Crippen MR) is 87.6 cm³/mol. The maximum Gasteiger partial charge on any atom is 0.310 e. The molecule has 28 heavy (non-hydrogen) atoms. The predicted octanol–water partition coefficient (Wildman–Crippen LogP) is 7.01. The van der Waals surface area contributed by atoms with E-state index in [2.05, 4.69) is 0 Å². The molecule has 0 unspecified atom stereocenters. The summed E-state index contributed by atoms with van der Waals surface area (Å²) < 4.78 is 111. The summed E-state index contributed by atoms with van der Waals surface area (Å²) >= 11 is 0. The minimum absolute atomic E-state index is 0.103. The number of halogens is 8. The minimum atomic E-state index is -4.27. The monoisotopic (exact) mass is 408 g/mol. The lowest BCUT2D eigenvalue weighted by Gasteiger charge is -2.16. The van der Waals surface area contributed by atoms with E-state index in [1.807, 2.05) is 0 Å². The van der Waals surface area contributed by atoms with Gasteiger partial charge >= 0.3 is 11.8 Å². The van der Waals surface area contributed by atoms with Crippen LogP contribution in [-0.2, 0) is 6.42 Å². The van der Waals surface area contributed by atoms with Crippen LogP contribution in [0.3, 0.4) is 0 Å². The number of rotatable bonds is 4. The van der Waals surface area contributed by atoms with Gasteiger partial charge in [-0.05, 0) is 47.7 Å². The quantitative estimate of drug-likeness (QED) is 0.478. The second-order valence-corrected chi connectivity index (χ2v) is 7.04. The van der Waals surface area contributed by atoms with Crippen molar-refractivity contribution in [3.05, 3.63) is 58.7 Å². The number of alkyl halides is 4. The van der Waals surface area contributed by atoms with Gasteiger partial charge in [-0.15, -0.1) is 0 Å². The molecule has 2 aromatic rings. The first-order valence-electron chi connectivity index (χ1n) is 8.69. The fraction of sp³-hybridized carbons (Fsp3) is 0.400. The first-order valence-corrected chi connectivity index (χ1v) is 8.69. The zero-order chi connectivity index (χ0) is 20.9. The Morgan fingerprint density at radius 2 is 1.25 bits per heavy atom. The summed E-state index contributed by atoms with van der Waals surface area (Å²) in [4.78, 5) is 0. The first-order chi connectivity index (χ1) is 13.0. The molecule has 0 saturated heterocycles. The van der Waals surface area contributed by atoms with E-state index >= 15 is 0 Å². The second-order valence-electron chi connectivity index (χ2n) is 7.04. The van der Waals surface area contributed by atoms with Crippen molar-refractivity contribution in [2.75, 3.05) is 0 Å². The molecule has 0 radical (unpaired) electrons. The van der Waals surface area contributed by atoms with Gasteiger partial charge in [0.1, 0.15) is 23.3 Å². The summed E-state index contributed by atoms with van der Waals surface area (Å²) in [6.07, 6.45) is -1.92. The molecule has 0 aliphatic heterocycles. The van der Waals surface area contributed by atoms with E-state index in [0.29, 0.717) is 18.6 Å². The highest BCUT2D eigenvalue weighted by Gasteiger charge is 2.63. The third-order valence-electron chi connectivity index (χ3n) is 5.01. The van der Waals surface area contributed by atoms with Crippen molar-refractivity contribution in [3.63, 3.8) is 0 Å². The molecule has 1 fully saturated rings. The van der Waals surface area contributed by atoms with Crippen LogP contribution in [0, 0.1) is 23.3 Å². The minimum Gasteiger partial charge on any atom is -0.207 e. The Labute approximate surface area is 156 Å². The summed E-state index contributed by atoms with van der Waals surface area (Å²) in [5.41, 5.74) is -1.71. The lowest BCUT2D eigenvalue weighted by molar-refractivity contribution is -0.185. The molecule has 1 aliphatic carbocycles. The molecule has 0 nitrogen and oxygen atoms in total. The average molecular weight is 408 g/mol. The maximum absolute atomic E-state index is 14.5. The van der Waals surface area contributed by atoms with Crippen LogP contribution in [0.4, 0.5) is 35.1 Å². The van der Waals surface area contributed by atoms with E-state index in [0.717, 1.165) is 12.1 Å². The number of hydrogen-bond acceptors (Lipinski definition) is 0. The highest BCUT2D eigenvalue weighted by Crippen LogP contribution is 2.54. The van der Waals surface area contributed by atoms with E-state index in [-0.39, 0.29) is 17.5 Å². The van der Waals surface area contributed by atoms with Gasteiger partial charge in [-0.2, -0.15) is 17.6 Å². The van der Waals surface area contributed by atoms with Crippen molar-refractivity contribution in [3.8, 4) is 11.1 Å². The van der Waals surface area contributed by atoms with E-state index in [1.54, 1.807) is 6.92 Å². The van der Waals surface area contributed by atoms with Crippen molar-refractivity contribution >= 4 is 0 Å². The van der Waals surface area contributed by atoms with Crippen molar-refractivity contribution in [1.82, 2.24) is 0 Å². The van der Waals surface area contributed by atoms with E-state index in [9.17, 15) is 35.1 Å². The molecule has 3 rings (SSSR count). The Kier molecular flexibility index (Phi) is 5.18. The molecule has 2 aromatic carbocycles. The fourth-order valence-corrected chi connectivity index (χ4v) is 3.57. The molecule has 0 spiro atoms. The van der Waals surface area contributed by atoms with Crippen molar-refractivity contribution in [2.45, 2.75) is 50.4 Å². The van der Waals surface area contributed by atoms with Crippen LogP contribution in [0.25, 0.3) is 11.1 Å². The largest absolute Gasteiger partial charge is 0.310 e. The number of hydrogen-bond donors (Lipinski definition) is 0. The van der Waals surface area contributed by atoms with Crippen LogP contribution in [0.1, 0.15) is 43.2 Å². The van der Waals surface area contributed by atoms with Crippen molar-refractivity contribution in [2.24, 2.45) is 0 Å². The number of benzene rings is 2. The Bertz CT molecular complexity index is 841. The van der Waals surface area contributed by atoms with Gasteiger partial charge in [-0.3, -0.25) is 0 Å². The van der Waals surface area contributed by atoms with Crippen molar-refractivity contribution in [1.29, 1.82) is 0 Å². The highest BCUT2D eigenvalue weighted by atomic mass is 19.3. The van der Waals surface area contributed by atoms with Gasteiger partial charge in [-0.1, -0.05) is 13.3 Å². The maximum atomic E-state index is 14.5. The summed E-state index contributed by atoms with van der Waals surface area (Å²) in [7, 11) is 0. The van der Waals surface area contributed by atoms with Gasteiger partial charge in [0.2, 0.25) is 0 Å². The van der Waals surface area contributed by atoms with Gasteiger partial charge in [0.05, 0.1) is 5.56 Å². The van der Waals surface area contributed by atoms with Crippen molar-refractivity contribution < 1.29 is 35.1 Å². The van der Waals surface area contributed by atoms with Crippen LogP contribution in [0.2, 0.25) is 0 Å². The SMILES string of the molecule is CCCc1c(F)cc(-c2c(F)cc(C3CC(F)(F)C(F)(F)C3)cc2F)cc1F. The molecular weight excluding hydrogens is 392 g/mol. The molecule has 152 valence electrons. The van der Waals surface area contributed by atoms with Crippen LogP contribution in [0.15, 0.2) is 24.3 Å².